The molecule has 0 saturated carbocycles. The van der Waals surface area contributed by atoms with Gasteiger partial charge < -0.3 is 5.84 Å². The number of aryl methyl sites for hydroxylation is 1. The highest BCUT2D eigenvalue weighted by Crippen LogP contribution is 2.28. The van der Waals surface area contributed by atoms with Crippen LogP contribution in [0.1, 0.15) is 11.3 Å². The van der Waals surface area contributed by atoms with E-state index < -0.39 is 0 Å². The first-order valence-corrected chi connectivity index (χ1v) is 10.1. The Bertz CT molecular complexity index is 1050. The maximum Gasteiger partial charge on any atom is 0.210 e. The molecule has 5 nitrogen and oxygen atoms in total. The van der Waals surface area contributed by atoms with Gasteiger partial charge in [-0.2, -0.15) is 0 Å². The molecule has 0 unspecified atom stereocenters. The van der Waals surface area contributed by atoms with E-state index in [2.05, 4.69) is 46.4 Å². The van der Waals surface area contributed by atoms with E-state index in [-0.39, 0.29) is 5.82 Å². The summed E-state index contributed by atoms with van der Waals surface area (Å²) < 4.78 is 14.5. The molecule has 0 amide bonds. The zero-order chi connectivity index (χ0) is 18.8. The molecule has 4 rings (SSSR count). The minimum atomic E-state index is -0.302. The maximum absolute atomic E-state index is 13.1. The van der Waals surface area contributed by atoms with E-state index in [0.29, 0.717) is 22.3 Å². The fraction of sp³-hybridized carbons (Fsp3) is 0.105. The molecule has 0 fully saturated rings. The molecule has 0 saturated heterocycles. The zero-order valence-corrected chi connectivity index (χ0v) is 16.1. The lowest BCUT2D eigenvalue weighted by Gasteiger charge is -2.03. The highest BCUT2D eigenvalue weighted by atomic mass is 32.2. The molecule has 8 heteroatoms. The van der Waals surface area contributed by atoms with E-state index in [9.17, 15) is 4.39 Å². The van der Waals surface area contributed by atoms with Gasteiger partial charge >= 0.3 is 0 Å². The third-order valence-corrected chi connectivity index (χ3v) is 5.88. The molecule has 2 N–H and O–H groups in total. The number of thiazole rings is 1. The molecule has 0 bridgehead atoms. The van der Waals surface area contributed by atoms with Crippen molar-refractivity contribution >= 4 is 23.1 Å². The third-order valence-electron chi connectivity index (χ3n) is 3.97. The molecule has 0 atom stereocenters. The number of nitrogens with zero attached hydrogens (tertiary/aromatic N) is 4. The predicted molar refractivity (Wildman–Crippen MR) is 107 cm³/mol. The normalized spacial score (nSPS) is 11.0. The summed E-state index contributed by atoms with van der Waals surface area (Å²) in [5, 5.41) is 11.9. The fourth-order valence-corrected chi connectivity index (χ4v) is 4.19. The van der Waals surface area contributed by atoms with Gasteiger partial charge in [-0.1, -0.05) is 41.6 Å². The second kappa shape index (κ2) is 7.50. The van der Waals surface area contributed by atoms with Crippen molar-refractivity contribution in [3.05, 3.63) is 71.0 Å². The molecule has 0 aliphatic rings. The summed E-state index contributed by atoms with van der Waals surface area (Å²) in [6.45, 7) is 2.07. The van der Waals surface area contributed by atoms with Crippen molar-refractivity contribution < 1.29 is 4.39 Å². The smallest absolute Gasteiger partial charge is 0.210 e. The lowest BCUT2D eigenvalue weighted by Crippen LogP contribution is -2.11. The highest BCUT2D eigenvalue weighted by molar-refractivity contribution is 7.98. The minimum Gasteiger partial charge on any atom is -0.335 e. The van der Waals surface area contributed by atoms with Gasteiger partial charge in [0.25, 0.3) is 0 Å². The Morgan fingerprint density at radius 2 is 1.74 bits per heavy atom. The second-order valence-electron chi connectivity index (χ2n) is 5.98. The van der Waals surface area contributed by atoms with Gasteiger partial charge in [0, 0.05) is 22.3 Å². The lowest BCUT2D eigenvalue weighted by molar-refractivity contribution is 0.628. The van der Waals surface area contributed by atoms with Crippen LogP contribution in [-0.4, -0.2) is 19.9 Å². The van der Waals surface area contributed by atoms with Gasteiger partial charge in [0.2, 0.25) is 5.16 Å². The first-order valence-electron chi connectivity index (χ1n) is 8.21. The van der Waals surface area contributed by atoms with Crippen LogP contribution in [0.4, 0.5) is 4.39 Å². The average Bonchev–Trinajstić information content (AvgIpc) is 3.28. The van der Waals surface area contributed by atoms with Gasteiger partial charge in [-0.25, -0.2) is 14.1 Å². The van der Waals surface area contributed by atoms with Crippen LogP contribution in [0.2, 0.25) is 0 Å². The van der Waals surface area contributed by atoms with E-state index >= 15 is 0 Å². The van der Waals surface area contributed by atoms with Crippen LogP contribution in [0, 0.1) is 12.7 Å². The van der Waals surface area contributed by atoms with Gasteiger partial charge in [0.1, 0.15) is 10.8 Å². The van der Waals surface area contributed by atoms with Gasteiger partial charge in [-0.15, -0.1) is 21.5 Å². The zero-order valence-electron chi connectivity index (χ0n) is 14.5. The van der Waals surface area contributed by atoms with Gasteiger partial charge in [-0.3, -0.25) is 0 Å². The van der Waals surface area contributed by atoms with Crippen LogP contribution in [0.15, 0.2) is 59.1 Å². The average molecular weight is 398 g/mol. The number of nitrogens with two attached hydrogens (primary N) is 1. The Labute approximate surface area is 164 Å². The summed E-state index contributed by atoms with van der Waals surface area (Å²) in [7, 11) is 0. The van der Waals surface area contributed by atoms with E-state index in [4.69, 9.17) is 5.84 Å². The van der Waals surface area contributed by atoms with E-state index in [1.807, 2.05) is 5.38 Å². The monoisotopic (exact) mass is 397 g/mol. The molecular formula is C19H16FN5S2. The van der Waals surface area contributed by atoms with Gasteiger partial charge in [0.05, 0.1) is 5.69 Å². The number of hydrogen-bond donors (Lipinski definition) is 1. The Morgan fingerprint density at radius 1 is 1.04 bits per heavy atom. The maximum atomic E-state index is 13.1. The van der Waals surface area contributed by atoms with E-state index in [0.717, 1.165) is 16.3 Å². The first-order chi connectivity index (χ1) is 13.1. The van der Waals surface area contributed by atoms with Crippen LogP contribution in [0.3, 0.4) is 0 Å². The van der Waals surface area contributed by atoms with Crippen LogP contribution in [0.5, 0.6) is 0 Å². The minimum absolute atomic E-state index is 0.302. The summed E-state index contributed by atoms with van der Waals surface area (Å²) in [4.78, 5) is 4.69. The van der Waals surface area contributed by atoms with Crippen molar-refractivity contribution in [2.75, 3.05) is 5.84 Å². The molecule has 27 heavy (non-hydrogen) atoms. The SMILES string of the molecule is Cc1ccc(-c2nc(CSc3nnc(-c4ccc(F)cc4)n3N)cs2)cc1. The molecule has 2 aromatic heterocycles. The Morgan fingerprint density at radius 3 is 2.48 bits per heavy atom. The second-order valence-corrected chi connectivity index (χ2v) is 7.78. The van der Waals surface area contributed by atoms with Crippen molar-refractivity contribution in [2.45, 2.75) is 17.8 Å². The number of nitrogen functional groups attached to an aromatic ring is 1. The van der Waals surface area contributed by atoms with Crippen molar-refractivity contribution in [1.29, 1.82) is 0 Å². The van der Waals surface area contributed by atoms with E-state index in [1.165, 1.54) is 34.1 Å². The number of rotatable bonds is 5. The molecule has 0 radical (unpaired) electrons. The number of thioether (sulfide) groups is 1. The van der Waals surface area contributed by atoms with Crippen LogP contribution in [-0.2, 0) is 5.75 Å². The quantitative estimate of drug-likeness (QED) is 0.396. The number of halogens is 1. The summed E-state index contributed by atoms with van der Waals surface area (Å²) in [6, 6.07) is 14.3. The summed E-state index contributed by atoms with van der Waals surface area (Å²) in [6.07, 6.45) is 0. The third kappa shape index (κ3) is 3.86. The number of benzene rings is 2. The topological polar surface area (TPSA) is 69.6 Å². The molecule has 0 aliphatic heterocycles. The van der Waals surface area contributed by atoms with E-state index in [1.54, 1.807) is 23.5 Å². The van der Waals surface area contributed by atoms with Crippen molar-refractivity contribution in [2.24, 2.45) is 0 Å². The van der Waals surface area contributed by atoms with Crippen molar-refractivity contribution in [1.82, 2.24) is 19.9 Å². The Balaban J connectivity index is 1.46. The van der Waals surface area contributed by atoms with Gasteiger partial charge in [-0.05, 0) is 31.2 Å². The number of aromatic nitrogens is 4. The van der Waals surface area contributed by atoms with Crippen LogP contribution in [0.25, 0.3) is 22.0 Å². The van der Waals surface area contributed by atoms with Gasteiger partial charge in [0.15, 0.2) is 5.82 Å². The van der Waals surface area contributed by atoms with Crippen molar-refractivity contribution in [3.8, 4) is 22.0 Å². The summed E-state index contributed by atoms with van der Waals surface area (Å²) >= 11 is 3.08. The highest BCUT2D eigenvalue weighted by Gasteiger charge is 2.13. The van der Waals surface area contributed by atoms with Crippen LogP contribution < -0.4 is 5.84 Å². The predicted octanol–water partition coefficient (Wildman–Crippen LogP) is 4.52. The van der Waals surface area contributed by atoms with Crippen LogP contribution >= 0.6 is 23.1 Å². The Kier molecular flexibility index (Phi) is 4.91. The molecule has 136 valence electrons. The fourth-order valence-electron chi connectivity index (χ4n) is 2.51. The molecular weight excluding hydrogens is 381 g/mol. The first kappa shape index (κ1) is 17.7. The Hall–Kier alpha value is -2.71. The van der Waals surface area contributed by atoms with Crippen molar-refractivity contribution in [3.63, 3.8) is 0 Å². The molecule has 2 aromatic carbocycles. The molecule has 0 spiro atoms. The standard InChI is InChI=1S/C19H16FN5S2/c1-12-2-4-14(5-3-12)18-22-16(10-26-18)11-27-19-24-23-17(25(19)21)13-6-8-15(20)9-7-13/h2-10H,11,21H2,1H3. The lowest BCUT2D eigenvalue weighted by atomic mass is 10.2. The number of hydrogen-bond acceptors (Lipinski definition) is 6. The summed E-state index contributed by atoms with van der Waals surface area (Å²) in [5.41, 5.74) is 4.02. The molecule has 2 heterocycles. The largest absolute Gasteiger partial charge is 0.335 e. The molecule has 0 aliphatic carbocycles. The summed E-state index contributed by atoms with van der Waals surface area (Å²) in [5.74, 6) is 6.94. The molecule has 4 aromatic rings.